The van der Waals surface area contributed by atoms with Crippen LogP contribution in [-0.4, -0.2) is 13.2 Å². The number of hydrogen-bond donors (Lipinski definition) is 1. The number of nitrogens with one attached hydrogen (secondary N) is 1. The molecule has 1 aliphatic rings. The van der Waals surface area contributed by atoms with Crippen LogP contribution in [0.4, 0.5) is 5.69 Å². The molecule has 0 bridgehead atoms. The van der Waals surface area contributed by atoms with E-state index < -0.39 is 0 Å². The van der Waals surface area contributed by atoms with Gasteiger partial charge in [-0.1, -0.05) is 11.6 Å². The Bertz CT molecular complexity index is 599. The Balaban J connectivity index is 1.76. The fourth-order valence-corrected chi connectivity index (χ4v) is 3.12. The van der Waals surface area contributed by atoms with Crippen LogP contribution in [0, 0.1) is 0 Å². The number of thiophene rings is 1. The van der Waals surface area contributed by atoms with Gasteiger partial charge in [-0.15, -0.1) is 11.3 Å². The third-order valence-corrected chi connectivity index (χ3v) is 4.33. The second-order valence-corrected chi connectivity index (χ2v) is 6.30. The molecule has 0 saturated carbocycles. The van der Waals surface area contributed by atoms with Crippen LogP contribution < -0.4 is 14.8 Å². The summed E-state index contributed by atoms with van der Waals surface area (Å²) in [5.41, 5.74) is 2.20. The van der Waals surface area contributed by atoms with Gasteiger partial charge < -0.3 is 14.8 Å². The normalized spacial score (nSPS) is 15.5. The van der Waals surface area contributed by atoms with Gasteiger partial charge in [0.05, 0.1) is 17.6 Å². The van der Waals surface area contributed by atoms with Crippen molar-refractivity contribution in [2.75, 3.05) is 18.5 Å². The first-order chi connectivity index (χ1) is 9.72. The van der Waals surface area contributed by atoms with Gasteiger partial charge in [0.25, 0.3) is 0 Å². The summed E-state index contributed by atoms with van der Waals surface area (Å²) in [6.45, 7) is 3.52. The van der Waals surface area contributed by atoms with Gasteiger partial charge in [0.15, 0.2) is 11.5 Å². The van der Waals surface area contributed by atoms with Gasteiger partial charge >= 0.3 is 0 Å². The Labute approximate surface area is 127 Å². The molecule has 3 nitrogen and oxygen atoms in total. The Morgan fingerprint density at radius 3 is 2.75 bits per heavy atom. The van der Waals surface area contributed by atoms with Crippen molar-refractivity contribution in [1.29, 1.82) is 0 Å². The van der Waals surface area contributed by atoms with E-state index in [1.165, 1.54) is 5.56 Å². The summed E-state index contributed by atoms with van der Waals surface area (Å²) < 4.78 is 12.1. The van der Waals surface area contributed by atoms with Crippen LogP contribution in [0.3, 0.4) is 0 Å². The maximum Gasteiger partial charge on any atom is 0.163 e. The molecule has 0 aliphatic carbocycles. The molecule has 1 unspecified atom stereocenters. The highest BCUT2D eigenvalue weighted by molar-refractivity contribution is 7.14. The zero-order valence-corrected chi connectivity index (χ0v) is 12.8. The SMILES string of the molecule is CC(Nc1ccc2c(c1)OCCCO2)c1csc(Cl)c1. The molecule has 3 rings (SSSR count). The minimum absolute atomic E-state index is 0.198. The molecule has 0 radical (unpaired) electrons. The zero-order chi connectivity index (χ0) is 13.9. The van der Waals surface area contributed by atoms with E-state index in [0.29, 0.717) is 13.2 Å². The minimum Gasteiger partial charge on any atom is -0.490 e. The largest absolute Gasteiger partial charge is 0.490 e. The minimum atomic E-state index is 0.198. The van der Waals surface area contributed by atoms with E-state index in [-0.39, 0.29) is 6.04 Å². The molecule has 1 aromatic carbocycles. The van der Waals surface area contributed by atoms with Crippen LogP contribution in [0.5, 0.6) is 11.5 Å². The molecule has 20 heavy (non-hydrogen) atoms. The Morgan fingerprint density at radius 1 is 1.20 bits per heavy atom. The molecule has 2 aromatic rings. The second-order valence-electron chi connectivity index (χ2n) is 4.76. The number of fused-ring (bicyclic) bond motifs is 1. The standard InChI is InChI=1S/C15H16ClNO2S/c1-10(11-7-15(16)20-9-11)17-12-3-4-13-14(8-12)19-6-2-5-18-13/h3-4,7-10,17H,2,5-6H2,1H3. The molecule has 1 N–H and O–H groups in total. The van der Waals surface area contributed by atoms with Gasteiger partial charge in [-0.05, 0) is 36.1 Å². The lowest BCUT2D eigenvalue weighted by Gasteiger charge is -2.16. The van der Waals surface area contributed by atoms with Crippen LogP contribution in [0.1, 0.15) is 24.9 Å². The predicted molar refractivity (Wildman–Crippen MR) is 83.4 cm³/mol. The van der Waals surface area contributed by atoms with Gasteiger partial charge in [-0.2, -0.15) is 0 Å². The van der Waals surface area contributed by atoms with Crippen molar-refractivity contribution >= 4 is 28.6 Å². The number of benzene rings is 1. The highest BCUT2D eigenvalue weighted by atomic mass is 35.5. The lowest BCUT2D eigenvalue weighted by Crippen LogP contribution is -2.05. The molecular weight excluding hydrogens is 294 g/mol. The third-order valence-electron chi connectivity index (χ3n) is 3.22. The zero-order valence-electron chi connectivity index (χ0n) is 11.2. The van der Waals surface area contributed by atoms with Gasteiger partial charge in [-0.25, -0.2) is 0 Å². The van der Waals surface area contributed by atoms with Crippen LogP contribution in [0.25, 0.3) is 0 Å². The average Bonchev–Trinajstić information content (AvgIpc) is 2.74. The number of hydrogen-bond acceptors (Lipinski definition) is 4. The van der Waals surface area contributed by atoms with Crippen LogP contribution in [0.2, 0.25) is 4.34 Å². The molecule has 106 valence electrons. The first kappa shape index (κ1) is 13.6. The van der Waals surface area contributed by atoms with E-state index >= 15 is 0 Å². The van der Waals surface area contributed by atoms with Crippen molar-refractivity contribution in [1.82, 2.24) is 0 Å². The average molecular weight is 310 g/mol. The summed E-state index contributed by atoms with van der Waals surface area (Å²) >= 11 is 7.52. The van der Waals surface area contributed by atoms with E-state index in [4.69, 9.17) is 21.1 Å². The summed E-state index contributed by atoms with van der Waals surface area (Å²) in [5, 5.41) is 5.53. The molecule has 5 heteroatoms. The molecule has 0 spiro atoms. The molecule has 1 aliphatic heterocycles. The summed E-state index contributed by atoms with van der Waals surface area (Å²) in [5.74, 6) is 1.63. The molecular formula is C15H16ClNO2S. The molecule has 1 aromatic heterocycles. The van der Waals surface area contributed by atoms with Crippen molar-refractivity contribution in [3.63, 3.8) is 0 Å². The van der Waals surface area contributed by atoms with Crippen molar-refractivity contribution in [3.05, 3.63) is 39.5 Å². The first-order valence-corrected chi connectivity index (χ1v) is 7.88. The Kier molecular flexibility index (Phi) is 4.03. The van der Waals surface area contributed by atoms with Crippen molar-refractivity contribution in [2.45, 2.75) is 19.4 Å². The van der Waals surface area contributed by atoms with Crippen molar-refractivity contribution in [3.8, 4) is 11.5 Å². The van der Waals surface area contributed by atoms with Gasteiger partial charge in [0, 0.05) is 24.2 Å². The summed E-state index contributed by atoms with van der Waals surface area (Å²) in [7, 11) is 0. The summed E-state index contributed by atoms with van der Waals surface area (Å²) in [6, 6.07) is 8.15. The lowest BCUT2D eigenvalue weighted by atomic mass is 10.1. The molecule has 0 saturated heterocycles. The molecule has 0 amide bonds. The number of halogens is 1. The highest BCUT2D eigenvalue weighted by Crippen LogP contribution is 2.34. The van der Waals surface area contributed by atoms with Gasteiger partial charge in [0.1, 0.15) is 0 Å². The van der Waals surface area contributed by atoms with E-state index in [2.05, 4.69) is 17.6 Å². The van der Waals surface area contributed by atoms with Crippen LogP contribution in [0.15, 0.2) is 29.6 Å². The van der Waals surface area contributed by atoms with E-state index in [0.717, 1.165) is 27.9 Å². The van der Waals surface area contributed by atoms with Gasteiger partial charge in [0.2, 0.25) is 0 Å². The van der Waals surface area contributed by atoms with Crippen LogP contribution in [-0.2, 0) is 0 Å². The summed E-state index contributed by atoms with van der Waals surface area (Å²) in [6.07, 6.45) is 0.918. The number of anilines is 1. The predicted octanol–water partition coefficient (Wildman–Crippen LogP) is 4.74. The molecule has 0 fully saturated rings. The third kappa shape index (κ3) is 3.02. The Morgan fingerprint density at radius 2 is 2.00 bits per heavy atom. The first-order valence-electron chi connectivity index (χ1n) is 6.62. The second kappa shape index (κ2) is 5.94. The maximum atomic E-state index is 5.97. The monoisotopic (exact) mass is 309 g/mol. The fraction of sp³-hybridized carbons (Fsp3) is 0.333. The molecule has 2 heterocycles. The number of ether oxygens (including phenoxy) is 2. The van der Waals surface area contributed by atoms with Crippen molar-refractivity contribution < 1.29 is 9.47 Å². The van der Waals surface area contributed by atoms with Crippen molar-refractivity contribution in [2.24, 2.45) is 0 Å². The smallest absolute Gasteiger partial charge is 0.163 e. The van der Waals surface area contributed by atoms with E-state index in [1.54, 1.807) is 11.3 Å². The lowest BCUT2D eigenvalue weighted by molar-refractivity contribution is 0.297. The summed E-state index contributed by atoms with van der Waals surface area (Å²) in [4.78, 5) is 0. The highest BCUT2D eigenvalue weighted by Gasteiger charge is 2.12. The number of rotatable bonds is 3. The fourth-order valence-electron chi connectivity index (χ4n) is 2.14. The van der Waals surface area contributed by atoms with E-state index in [1.807, 2.05) is 24.3 Å². The topological polar surface area (TPSA) is 30.5 Å². The van der Waals surface area contributed by atoms with E-state index in [9.17, 15) is 0 Å². The van der Waals surface area contributed by atoms with Gasteiger partial charge in [-0.3, -0.25) is 0 Å². The van der Waals surface area contributed by atoms with Crippen LogP contribution >= 0.6 is 22.9 Å². The Hall–Kier alpha value is -1.39. The molecule has 1 atom stereocenters. The quantitative estimate of drug-likeness (QED) is 0.888. The maximum absolute atomic E-state index is 5.97.